The molecule has 0 aliphatic carbocycles. The van der Waals surface area contributed by atoms with Crippen LogP contribution in [0.25, 0.3) is 0 Å². The van der Waals surface area contributed by atoms with Gasteiger partial charge in [-0.25, -0.2) is 0 Å². The van der Waals surface area contributed by atoms with E-state index in [0.717, 1.165) is 24.4 Å². The molecule has 0 radical (unpaired) electrons. The van der Waals surface area contributed by atoms with Gasteiger partial charge in [0, 0.05) is 6.61 Å². The summed E-state index contributed by atoms with van der Waals surface area (Å²) in [5.41, 5.74) is 0.104. The maximum absolute atomic E-state index is 5.94. The van der Waals surface area contributed by atoms with Gasteiger partial charge in [0.1, 0.15) is 0 Å². The third-order valence-corrected chi connectivity index (χ3v) is 5.53. The van der Waals surface area contributed by atoms with Gasteiger partial charge < -0.3 is 9.64 Å². The summed E-state index contributed by atoms with van der Waals surface area (Å²) in [5, 5.41) is 0. The van der Waals surface area contributed by atoms with E-state index in [1.807, 2.05) is 0 Å². The van der Waals surface area contributed by atoms with E-state index in [1.165, 1.54) is 64.6 Å². The predicted octanol–water partition coefficient (Wildman–Crippen LogP) is 4.73. The fourth-order valence-corrected chi connectivity index (χ4v) is 4.20. The molecule has 0 aromatic heterocycles. The predicted molar refractivity (Wildman–Crippen MR) is 90.6 cm³/mol. The molecule has 2 saturated heterocycles. The third kappa shape index (κ3) is 5.90. The maximum atomic E-state index is 5.94. The van der Waals surface area contributed by atoms with E-state index in [0.29, 0.717) is 0 Å². The molecule has 21 heavy (non-hydrogen) atoms. The van der Waals surface area contributed by atoms with Crippen molar-refractivity contribution in [2.45, 2.75) is 78.2 Å². The Hall–Kier alpha value is -0.0800. The zero-order chi connectivity index (χ0) is 15.3. The highest BCUT2D eigenvalue weighted by Gasteiger charge is 2.33. The third-order valence-electron chi connectivity index (χ3n) is 5.53. The molecular formula is C19H37NO. The van der Waals surface area contributed by atoms with Crippen LogP contribution >= 0.6 is 0 Å². The Bertz CT molecular complexity index is 294. The number of hydrogen-bond donors (Lipinski definition) is 0. The van der Waals surface area contributed by atoms with E-state index in [9.17, 15) is 0 Å². The first-order chi connectivity index (χ1) is 9.96. The van der Waals surface area contributed by atoms with Gasteiger partial charge in [-0.1, -0.05) is 20.3 Å². The SMILES string of the molecule is CC(C)CC[C@H](CCN1CCCC1)[C@@H]1CCOC(C)(C)C1. The first-order valence-electron chi connectivity index (χ1n) is 9.32. The molecule has 0 aromatic rings. The van der Waals surface area contributed by atoms with Gasteiger partial charge in [0.15, 0.2) is 0 Å². The summed E-state index contributed by atoms with van der Waals surface area (Å²) in [5.74, 6) is 2.64. The molecule has 0 amide bonds. The lowest BCUT2D eigenvalue weighted by atomic mass is 9.75. The molecule has 0 spiro atoms. The molecule has 0 bridgehead atoms. The maximum Gasteiger partial charge on any atom is 0.0629 e. The zero-order valence-corrected chi connectivity index (χ0v) is 14.9. The molecule has 2 fully saturated rings. The quantitative estimate of drug-likeness (QED) is 0.673. The van der Waals surface area contributed by atoms with Crippen molar-refractivity contribution < 1.29 is 4.74 Å². The van der Waals surface area contributed by atoms with Gasteiger partial charge in [-0.3, -0.25) is 0 Å². The Balaban J connectivity index is 1.86. The second kappa shape index (κ2) is 7.97. The molecule has 2 nitrogen and oxygen atoms in total. The largest absolute Gasteiger partial charge is 0.376 e. The fourth-order valence-electron chi connectivity index (χ4n) is 4.20. The molecule has 2 aliphatic heterocycles. The average Bonchev–Trinajstić information content (AvgIpc) is 2.90. The van der Waals surface area contributed by atoms with E-state index < -0.39 is 0 Å². The zero-order valence-electron chi connectivity index (χ0n) is 14.9. The van der Waals surface area contributed by atoms with Gasteiger partial charge in [0.25, 0.3) is 0 Å². The first kappa shape index (κ1) is 17.3. The Morgan fingerprint density at radius 2 is 1.81 bits per heavy atom. The van der Waals surface area contributed by atoms with Gasteiger partial charge in [-0.15, -0.1) is 0 Å². The molecule has 0 N–H and O–H groups in total. The summed E-state index contributed by atoms with van der Waals surface area (Å²) in [4.78, 5) is 2.69. The highest BCUT2D eigenvalue weighted by atomic mass is 16.5. The lowest BCUT2D eigenvalue weighted by Crippen LogP contribution is -2.37. The van der Waals surface area contributed by atoms with Gasteiger partial charge in [0.2, 0.25) is 0 Å². The van der Waals surface area contributed by atoms with Crippen molar-refractivity contribution in [3.05, 3.63) is 0 Å². The van der Waals surface area contributed by atoms with E-state index >= 15 is 0 Å². The van der Waals surface area contributed by atoms with E-state index in [4.69, 9.17) is 4.74 Å². The second-order valence-corrected chi connectivity index (χ2v) is 8.43. The standard InChI is InChI=1S/C19H37NO/c1-16(2)7-8-17(9-13-20-11-5-6-12-20)18-10-14-21-19(3,4)15-18/h16-18H,5-15H2,1-4H3/t17-,18-/m1/s1. The molecule has 2 aliphatic rings. The summed E-state index contributed by atoms with van der Waals surface area (Å²) >= 11 is 0. The van der Waals surface area contributed by atoms with Crippen LogP contribution in [0.1, 0.15) is 72.6 Å². The summed E-state index contributed by atoms with van der Waals surface area (Å²) in [6.45, 7) is 14.3. The first-order valence-corrected chi connectivity index (χ1v) is 9.32. The average molecular weight is 296 g/mol. The highest BCUT2D eigenvalue weighted by molar-refractivity contribution is 4.84. The summed E-state index contributed by atoms with van der Waals surface area (Å²) < 4.78 is 5.94. The molecule has 2 heterocycles. The van der Waals surface area contributed by atoms with Crippen molar-refractivity contribution >= 4 is 0 Å². The minimum Gasteiger partial charge on any atom is -0.376 e. The molecule has 0 saturated carbocycles. The van der Waals surface area contributed by atoms with Crippen LogP contribution in [0.15, 0.2) is 0 Å². The number of likely N-dealkylation sites (tertiary alicyclic amines) is 1. The molecule has 124 valence electrons. The Morgan fingerprint density at radius 1 is 1.10 bits per heavy atom. The Kier molecular flexibility index (Phi) is 6.55. The minimum absolute atomic E-state index is 0.104. The number of nitrogens with zero attached hydrogens (tertiary/aromatic N) is 1. The van der Waals surface area contributed by atoms with Gasteiger partial charge in [-0.2, -0.15) is 0 Å². The van der Waals surface area contributed by atoms with Crippen molar-refractivity contribution in [2.24, 2.45) is 17.8 Å². The number of hydrogen-bond acceptors (Lipinski definition) is 2. The molecule has 0 unspecified atom stereocenters. The summed E-state index contributed by atoms with van der Waals surface area (Å²) in [6.07, 6.45) is 9.60. The molecule has 2 rings (SSSR count). The topological polar surface area (TPSA) is 12.5 Å². The van der Waals surface area contributed by atoms with Crippen LogP contribution in [0.3, 0.4) is 0 Å². The lowest BCUT2D eigenvalue weighted by molar-refractivity contribution is -0.0844. The van der Waals surface area contributed by atoms with Crippen molar-refractivity contribution in [2.75, 3.05) is 26.2 Å². The minimum atomic E-state index is 0.104. The van der Waals surface area contributed by atoms with Crippen molar-refractivity contribution in [1.82, 2.24) is 4.90 Å². The number of rotatable bonds is 7. The monoisotopic (exact) mass is 295 g/mol. The summed E-state index contributed by atoms with van der Waals surface area (Å²) in [7, 11) is 0. The van der Waals surface area contributed by atoms with Gasteiger partial charge in [-0.05, 0) is 89.8 Å². The van der Waals surface area contributed by atoms with Crippen LogP contribution in [0.5, 0.6) is 0 Å². The smallest absolute Gasteiger partial charge is 0.0629 e. The van der Waals surface area contributed by atoms with Gasteiger partial charge in [0.05, 0.1) is 5.60 Å². The van der Waals surface area contributed by atoms with E-state index in [1.54, 1.807) is 0 Å². The van der Waals surface area contributed by atoms with E-state index in [-0.39, 0.29) is 5.60 Å². The molecule has 2 heteroatoms. The molecule has 2 atom stereocenters. The van der Waals surface area contributed by atoms with Crippen molar-refractivity contribution in [3.63, 3.8) is 0 Å². The lowest BCUT2D eigenvalue weighted by Gasteiger charge is -2.40. The van der Waals surface area contributed by atoms with Crippen molar-refractivity contribution in [3.8, 4) is 0 Å². The van der Waals surface area contributed by atoms with Crippen LogP contribution < -0.4 is 0 Å². The Labute approximate surface area is 132 Å². The molecular weight excluding hydrogens is 258 g/mol. The van der Waals surface area contributed by atoms with Crippen LogP contribution in [0.2, 0.25) is 0 Å². The Morgan fingerprint density at radius 3 is 2.43 bits per heavy atom. The van der Waals surface area contributed by atoms with Gasteiger partial charge >= 0.3 is 0 Å². The van der Waals surface area contributed by atoms with Crippen LogP contribution in [0, 0.1) is 17.8 Å². The molecule has 0 aromatic carbocycles. The van der Waals surface area contributed by atoms with E-state index in [2.05, 4.69) is 32.6 Å². The summed E-state index contributed by atoms with van der Waals surface area (Å²) in [6, 6.07) is 0. The van der Waals surface area contributed by atoms with Crippen LogP contribution in [-0.4, -0.2) is 36.7 Å². The highest BCUT2D eigenvalue weighted by Crippen LogP contribution is 2.37. The van der Waals surface area contributed by atoms with Crippen molar-refractivity contribution in [1.29, 1.82) is 0 Å². The van der Waals surface area contributed by atoms with Crippen LogP contribution in [0.4, 0.5) is 0 Å². The van der Waals surface area contributed by atoms with Crippen LogP contribution in [-0.2, 0) is 4.74 Å². The number of ether oxygens (including phenoxy) is 1. The normalized spacial score (nSPS) is 28.1. The second-order valence-electron chi connectivity index (χ2n) is 8.43. The fraction of sp³-hybridized carbons (Fsp3) is 1.00.